The molecular weight excluding hydrogens is 196 g/mol. The number of primary amides is 1. The Kier molecular flexibility index (Phi) is 4.71. The van der Waals surface area contributed by atoms with Crippen molar-refractivity contribution in [2.75, 3.05) is 19.3 Å². The number of carbonyl (C=O) groups excluding carboxylic acids is 1. The Morgan fingerprint density at radius 2 is 1.69 bits per heavy atom. The third-order valence-corrected chi connectivity index (χ3v) is 1.42. The van der Waals surface area contributed by atoms with Crippen LogP contribution in [0.15, 0.2) is 0 Å². The van der Waals surface area contributed by atoms with E-state index in [-0.39, 0.29) is 6.03 Å². The van der Waals surface area contributed by atoms with E-state index in [1.165, 1.54) is 0 Å². The molecule has 1 fully saturated rings. The SMILES string of the molecule is CS(=O)(=O)O.NC(=O)N1CCCC1. The summed E-state index contributed by atoms with van der Waals surface area (Å²) in [5, 5.41) is 0. The van der Waals surface area contributed by atoms with Gasteiger partial charge in [-0.3, -0.25) is 4.55 Å². The molecule has 1 heterocycles. The fourth-order valence-electron chi connectivity index (χ4n) is 0.938. The summed E-state index contributed by atoms with van der Waals surface area (Å²) in [6.45, 7) is 1.71. The minimum atomic E-state index is -3.67. The van der Waals surface area contributed by atoms with Crippen LogP contribution in [0.1, 0.15) is 12.8 Å². The molecular formula is C6H14N2O4S. The van der Waals surface area contributed by atoms with Crippen molar-refractivity contribution in [1.29, 1.82) is 0 Å². The monoisotopic (exact) mass is 210 g/mol. The number of rotatable bonds is 0. The van der Waals surface area contributed by atoms with E-state index in [2.05, 4.69) is 0 Å². The maximum Gasteiger partial charge on any atom is 0.314 e. The summed E-state index contributed by atoms with van der Waals surface area (Å²) >= 11 is 0. The molecule has 0 atom stereocenters. The van der Waals surface area contributed by atoms with Gasteiger partial charge in [-0.05, 0) is 12.8 Å². The molecule has 1 saturated heterocycles. The first-order chi connectivity index (χ1) is 5.80. The second-order valence-electron chi connectivity index (χ2n) is 2.77. The van der Waals surface area contributed by atoms with Crippen molar-refractivity contribution in [2.45, 2.75) is 12.8 Å². The maximum atomic E-state index is 10.3. The molecule has 6 nitrogen and oxygen atoms in total. The third-order valence-electron chi connectivity index (χ3n) is 1.42. The molecule has 1 rings (SSSR count). The van der Waals surface area contributed by atoms with Gasteiger partial charge in [-0.15, -0.1) is 0 Å². The first-order valence-corrected chi connectivity index (χ1v) is 5.62. The number of hydrogen-bond donors (Lipinski definition) is 2. The zero-order valence-corrected chi connectivity index (χ0v) is 8.25. The average molecular weight is 210 g/mol. The first-order valence-electron chi connectivity index (χ1n) is 3.77. The Bertz CT molecular complexity index is 248. The normalized spacial score (nSPS) is 16.3. The average Bonchev–Trinajstić information content (AvgIpc) is 2.31. The van der Waals surface area contributed by atoms with Crippen LogP contribution in [0.5, 0.6) is 0 Å². The van der Waals surface area contributed by atoms with Crippen molar-refractivity contribution < 1.29 is 17.8 Å². The van der Waals surface area contributed by atoms with Gasteiger partial charge in [-0.2, -0.15) is 8.42 Å². The van der Waals surface area contributed by atoms with Crippen LogP contribution >= 0.6 is 0 Å². The van der Waals surface area contributed by atoms with E-state index in [9.17, 15) is 13.2 Å². The van der Waals surface area contributed by atoms with Crippen molar-refractivity contribution in [3.8, 4) is 0 Å². The highest BCUT2D eigenvalue weighted by Gasteiger charge is 2.13. The second kappa shape index (κ2) is 5.03. The highest BCUT2D eigenvalue weighted by Crippen LogP contribution is 2.05. The van der Waals surface area contributed by atoms with Crippen LogP contribution in [0.4, 0.5) is 4.79 Å². The summed E-state index contributed by atoms with van der Waals surface area (Å²) < 4.78 is 25.9. The Labute approximate surface area is 77.5 Å². The van der Waals surface area contributed by atoms with E-state index in [4.69, 9.17) is 10.3 Å². The minimum absolute atomic E-state index is 0.275. The van der Waals surface area contributed by atoms with Gasteiger partial charge < -0.3 is 10.6 Å². The van der Waals surface area contributed by atoms with Crippen LogP contribution in [0, 0.1) is 0 Å². The predicted molar refractivity (Wildman–Crippen MR) is 47.9 cm³/mol. The van der Waals surface area contributed by atoms with Crippen LogP contribution in [0.2, 0.25) is 0 Å². The van der Waals surface area contributed by atoms with E-state index in [1.807, 2.05) is 0 Å². The quantitative estimate of drug-likeness (QED) is 0.534. The van der Waals surface area contributed by atoms with Gasteiger partial charge in [0.15, 0.2) is 0 Å². The zero-order chi connectivity index (χ0) is 10.5. The maximum absolute atomic E-state index is 10.3. The molecule has 0 spiro atoms. The molecule has 78 valence electrons. The number of urea groups is 1. The number of hydrogen-bond acceptors (Lipinski definition) is 3. The van der Waals surface area contributed by atoms with Gasteiger partial charge in [0.2, 0.25) is 0 Å². The fourth-order valence-corrected chi connectivity index (χ4v) is 0.938. The van der Waals surface area contributed by atoms with Crippen molar-refractivity contribution in [3.63, 3.8) is 0 Å². The molecule has 1 aliphatic rings. The standard InChI is InChI=1S/C5H10N2O.CH4O3S/c6-5(8)7-3-1-2-4-7;1-5(2,3)4/h1-4H2,(H2,6,8);1H3,(H,2,3,4). The first kappa shape index (κ1) is 12.2. The van der Waals surface area contributed by atoms with Gasteiger partial charge in [0.25, 0.3) is 10.1 Å². The van der Waals surface area contributed by atoms with E-state index in [0.717, 1.165) is 25.9 Å². The van der Waals surface area contributed by atoms with Crippen LogP contribution in [0.25, 0.3) is 0 Å². The van der Waals surface area contributed by atoms with E-state index < -0.39 is 10.1 Å². The molecule has 0 unspecified atom stereocenters. The lowest BCUT2D eigenvalue weighted by Gasteiger charge is -2.09. The Balaban J connectivity index is 0.000000252. The topological polar surface area (TPSA) is 101 Å². The molecule has 0 bridgehead atoms. The second-order valence-corrected chi connectivity index (χ2v) is 4.23. The summed E-state index contributed by atoms with van der Waals surface area (Å²) in [7, 11) is -3.67. The lowest BCUT2D eigenvalue weighted by Crippen LogP contribution is -2.32. The minimum Gasteiger partial charge on any atom is -0.351 e. The highest BCUT2D eigenvalue weighted by molar-refractivity contribution is 7.85. The van der Waals surface area contributed by atoms with Crippen molar-refractivity contribution in [2.24, 2.45) is 5.73 Å². The van der Waals surface area contributed by atoms with Gasteiger partial charge in [-0.25, -0.2) is 4.79 Å². The summed E-state index contributed by atoms with van der Waals surface area (Å²) in [5.41, 5.74) is 4.98. The highest BCUT2D eigenvalue weighted by atomic mass is 32.2. The van der Waals surface area contributed by atoms with Gasteiger partial charge in [-0.1, -0.05) is 0 Å². The van der Waals surface area contributed by atoms with Crippen LogP contribution in [0.3, 0.4) is 0 Å². The molecule has 0 aliphatic carbocycles. The Hall–Kier alpha value is -0.820. The van der Waals surface area contributed by atoms with Crippen molar-refractivity contribution in [3.05, 3.63) is 0 Å². The Morgan fingerprint density at radius 1 is 1.38 bits per heavy atom. The lowest BCUT2D eigenvalue weighted by molar-refractivity contribution is 0.218. The number of nitrogens with two attached hydrogens (primary N) is 1. The predicted octanol–water partition coefficient (Wildman–Crippen LogP) is -0.335. The number of likely N-dealkylation sites (tertiary alicyclic amines) is 1. The Morgan fingerprint density at radius 3 is 1.85 bits per heavy atom. The van der Waals surface area contributed by atoms with Crippen LogP contribution < -0.4 is 5.73 Å². The number of amides is 2. The van der Waals surface area contributed by atoms with Gasteiger partial charge >= 0.3 is 6.03 Å². The molecule has 0 aromatic carbocycles. The van der Waals surface area contributed by atoms with Crippen molar-refractivity contribution >= 4 is 16.1 Å². The van der Waals surface area contributed by atoms with Crippen molar-refractivity contribution in [1.82, 2.24) is 4.90 Å². The fraction of sp³-hybridized carbons (Fsp3) is 0.833. The molecule has 0 radical (unpaired) electrons. The third kappa shape index (κ3) is 9.09. The molecule has 0 aromatic rings. The zero-order valence-electron chi connectivity index (χ0n) is 7.43. The van der Waals surface area contributed by atoms with Gasteiger partial charge in [0.05, 0.1) is 6.26 Å². The largest absolute Gasteiger partial charge is 0.351 e. The molecule has 0 saturated carbocycles. The van der Waals surface area contributed by atoms with E-state index in [1.54, 1.807) is 4.90 Å². The number of nitrogens with zero attached hydrogens (tertiary/aromatic N) is 1. The summed E-state index contributed by atoms with van der Waals surface area (Å²) in [6.07, 6.45) is 2.94. The summed E-state index contributed by atoms with van der Waals surface area (Å²) in [5.74, 6) is 0. The molecule has 3 N–H and O–H groups in total. The van der Waals surface area contributed by atoms with Crippen LogP contribution in [-0.4, -0.2) is 43.2 Å². The molecule has 7 heteroatoms. The summed E-state index contributed by atoms with van der Waals surface area (Å²) in [6, 6.07) is -0.275. The smallest absolute Gasteiger partial charge is 0.314 e. The van der Waals surface area contributed by atoms with Gasteiger partial charge in [0.1, 0.15) is 0 Å². The lowest BCUT2D eigenvalue weighted by atomic mass is 10.4. The number of carbonyl (C=O) groups is 1. The van der Waals surface area contributed by atoms with Crippen LogP contribution in [-0.2, 0) is 10.1 Å². The molecule has 0 aromatic heterocycles. The molecule has 1 aliphatic heterocycles. The molecule has 2 amide bonds. The van der Waals surface area contributed by atoms with E-state index in [0.29, 0.717) is 6.26 Å². The summed E-state index contributed by atoms with van der Waals surface area (Å²) in [4.78, 5) is 12.0. The molecule has 13 heavy (non-hydrogen) atoms. The van der Waals surface area contributed by atoms with Gasteiger partial charge in [0, 0.05) is 13.1 Å². The van der Waals surface area contributed by atoms with E-state index >= 15 is 0 Å².